The number of hydrogen-bond acceptors (Lipinski definition) is 6. The number of nitrogens with two attached hydrogens (primary N) is 1. The van der Waals surface area contributed by atoms with Crippen LogP contribution in [0.25, 0.3) is 0 Å². The first-order valence-corrected chi connectivity index (χ1v) is 7.74. The Morgan fingerprint density at radius 2 is 1.70 bits per heavy atom. The number of carbonyl (C=O) groups is 4. The number of rotatable bonds is 10. The largest absolute Gasteiger partial charge is 0.480 e. The molecule has 0 aliphatic rings. The summed E-state index contributed by atoms with van der Waals surface area (Å²) in [5.74, 6) is -2.77. The van der Waals surface area contributed by atoms with Crippen LogP contribution in [-0.4, -0.2) is 59.7 Å². The van der Waals surface area contributed by atoms with Gasteiger partial charge >= 0.3 is 5.97 Å². The lowest BCUT2D eigenvalue weighted by molar-refractivity contribution is -0.138. The zero-order valence-electron chi connectivity index (χ0n) is 13.2. The van der Waals surface area contributed by atoms with E-state index < -0.39 is 42.3 Å². The molecule has 0 radical (unpaired) electrons. The molecule has 23 heavy (non-hydrogen) atoms. The van der Waals surface area contributed by atoms with Gasteiger partial charge in [0.25, 0.3) is 0 Å². The summed E-state index contributed by atoms with van der Waals surface area (Å²) in [5, 5.41) is 15.7. The van der Waals surface area contributed by atoms with Crippen molar-refractivity contribution in [3.63, 3.8) is 0 Å². The summed E-state index contributed by atoms with van der Waals surface area (Å²) in [6.45, 7) is 2.90. The fourth-order valence-electron chi connectivity index (χ4n) is 1.71. The monoisotopic (exact) mass is 348 g/mol. The lowest BCUT2D eigenvalue weighted by Gasteiger charge is -2.23. The van der Waals surface area contributed by atoms with E-state index in [1.165, 1.54) is 0 Å². The van der Waals surface area contributed by atoms with E-state index in [1.807, 2.05) is 13.8 Å². The molecule has 2 atom stereocenters. The molecule has 0 aliphatic heterocycles. The van der Waals surface area contributed by atoms with Crippen LogP contribution in [0, 0.1) is 5.92 Å². The Hall–Kier alpha value is -1.81. The van der Waals surface area contributed by atoms with Crippen LogP contribution in [0.3, 0.4) is 0 Å². The number of carboxylic acid groups (broad SMARTS) is 1. The maximum atomic E-state index is 12.1. The Labute approximate surface area is 140 Å². The van der Waals surface area contributed by atoms with Gasteiger partial charge < -0.3 is 26.8 Å². The molecular weight excluding hydrogens is 324 g/mol. The van der Waals surface area contributed by atoms with Crippen LogP contribution in [-0.2, 0) is 19.2 Å². The standard InChI is InChI=1S/C13H24N4O5S/c1-7(2)3-8(12(21)15-5-11(19)20)17-13(22)9(6-23)16-10(18)4-14/h7-9,23H,3-6,14H2,1-2H3,(H,15,21)(H,16,18)(H,17,22)(H,19,20). The lowest BCUT2D eigenvalue weighted by Crippen LogP contribution is -2.55. The van der Waals surface area contributed by atoms with Gasteiger partial charge in [0.1, 0.15) is 18.6 Å². The highest BCUT2D eigenvalue weighted by molar-refractivity contribution is 7.80. The molecule has 3 amide bonds. The highest BCUT2D eigenvalue weighted by Crippen LogP contribution is 2.05. The molecule has 0 saturated carbocycles. The highest BCUT2D eigenvalue weighted by atomic mass is 32.1. The van der Waals surface area contributed by atoms with E-state index in [9.17, 15) is 19.2 Å². The molecular formula is C13H24N4O5S. The van der Waals surface area contributed by atoms with Crippen molar-refractivity contribution in [3.05, 3.63) is 0 Å². The van der Waals surface area contributed by atoms with Crippen LogP contribution in [0.4, 0.5) is 0 Å². The second kappa shape index (κ2) is 10.8. The summed E-state index contributed by atoms with van der Waals surface area (Å²) in [4.78, 5) is 45.9. The van der Waals surface area contributed by atoms with Gasteiger partial charge in [0, 0.05) is 5.75 Å². The van der Waals surface area contributed by atoms with Crippen molar-refractivity contribution in [3.8, 4) is 0 Å². The van der Waals surface area contributed by atoms with Crippen molar-refractivity contribution < 1.29 is 24.3 Å². The van der Waals surface area contributed by atoms with Crippen molar-refractivity contribution in [2.45, 2.75) is 32.4 Å². The minimum atomic E-state index is -1.18. The Morgan fingerprint density at radius 1 is 1.09 bits per heavy atom. The first-order chi connectivity index (χ1) is 10.7. The van der Waals surface area contributed by atoms with Crippen molar-refractivity contribution in [1.29, 1.82) is 0 Å². The smallest absolute Gasteiger partial charge is 0.322 e. The molecule has 0 bridgehead atoms. The summed E-state index contributed by atoms with van der Waals surface area (Å²) < 4.78 is 0. The van der Waals surface area contributed by atoms with Crippen LogP contribution in [0.1, 0.15) is 20.3 Å². The fraction of sp³-hybridized carbons (Fsp3) is 0.692. The predicted molar refractivity (Wildman–Crippen MR) is 86.9 cm³/mol. The van der Waals surface area contributed by atoms with E-state index in [2.05, 4.69) is 28.6 Å². The van der Waals surface area contributed by atoms with E-state index in [0.717, 1.165) is 0 Å². The zero-order chi connectivity index (χ0) is 18.0. The molecule has 9 nitrogen and oxygen atoms in total. The third-order valence-corrected chi connectivity index (χ3v) is 3.14. The van der Waals surface area contributed by atoms with Gasteiger partial charge in [-0.2, -0.15) is 12.6 Å². The normalized spacial score (nSPS) is 13.1. The minimum absolute atomic E-state index is 0.0305. The molecule has 0 aromatic heterocycles. The minimum Gasteiger partial charge on any atom is -0.480 e. The van der Waals surface area contributed by atoms with Gasteiger partial charge in [-0.1, -0.05) is 13.8 Å². The number of nitrogens with one attached hydrogen (secondary N) is 3. The molecule has 6 N–H and O–H groups in total. The van der Waals surface area contributed by atoms with Crippen molar-refractivity contribution >= 4 is 36.3 Å². The second-order valence-electron chi connectivity index (χ2n) is 5.31. The molecule has 0 aromatic rings. The number of aliphatic carboxylic acids is 1. The third kappa shape index (κ3) is 9.04. The first kappa shape index (κ1) is 21.2. The SMILES string of the molecule is CC(C)CC(NC(=O)C(CS)NC(=O)CN)C(=O)NCC(=O)O. The van der Waals surface area contributed by atoms with Gasteiger partial charge in [-0.25, -0.2) is 0 Å². The number of hydrogen-bond donors (Lipinski definition) is 6. The predicted octanol–water partition coefficient (Wildman–Crippen LogP) is -1.91. The van der Waals surface area contributed by atoms with Gasteiger partial charge in [0.15, 0.2) is 0 Å². The topological polar surface area (TPSA) is 151 Å². The van der Waals surface area contributed by atoms with Crippen molar-refractivity contribution in [2.75, 3.05) is 18.8 Å². The molecule has 2 unspecified atom stereocenters. The van der Waals surface area contributed by atoms with Gasteiger partial charge in [-0.15, -0.1) is 0 Å². The molecule has 0 heterocycles. The van der Waals surface area contributed by atoms with Crippen LogP contribution in [0.5, 0.6) is 0 Å². The molecule has 0 saturated heterocycles. The van der Waals surface area contributed by atoms with Gasteiger partial charge in [-0.05, 0) is 12.3 Å². The molecule has 132 valence electrons. The van der Waals surface area contributed by atoms with Crippen molar-refractivity contribution in [1.82, 2.24) is 16.0 Å². The van der Waals surface area contributed by atoms with Crippen molar-refractivity contribution in [2.24, 2.45) is 11.7 Å². The van der Waals surface area contributed by atoms with E-state index in [4.69, 9.17) is 10.8 Å². The number of amides is 3. The molecule has 0 fully saturated rings. The molecule has 10 heteroatoms. The Morgan fingerprint density at radius 3 is 2.13 bits per heavy atom. The van der Waals surface area contributed by atoms with Crippen LogP contribution >= 0.6 is 12.6 Å². The maximum Gasteiger partial charge on any atom is 0.322 e. The van der Waals surface area contributed by atoms with Crippen LogP contribution in [0.2, 0.25) is 0 Å². The molecule has 0 spiro atoms. The summed E-state index contributed by atoms with van der Waals surface area (Å²) in [6.07, 6.45) is 0.321. The average Bonchev–Trinajstić information content (AvgIpc) is 2.48. The van der Waals surface area contributed by atoms with E-state index in [1.54, 1.807) is 0 Å². The van der Waals surface area contributed by atoms with Gasteiger partial charge in [-0.3, -0.25) is 19.2 Å². The fourth-order valence-corrected chi connectivity index (χ4v) is 1.97. The summed E-state index contributed by atoms with van der Waals surface area (Å²) in [6, 6.07) is -1.84. The van der Waals surface area contributed by atoms with Crippen LogP contribution in [0.15, 0.2) is 0 Å². The summed E-state index contributed by atoms with van der Waals surface area (Å²) in [7, 11) is 0. The molecule has 0 aromatic carbocycles. The van der Waals surface area contributed by atoms with Crippen LogP contribution < -0.4 is 21.7 Å². The average molecular weight is 348 g/mol. The second-order valence-corrected chi connectivity index (χ2v) is 5.67. The number of carboxylic acids is 1. The van der Waals surface area contributed by atoms with E-state index >= 15 is 0 Å². The first-order valence-electron chi connectivity index (χ1n) is 7.11. The summed E-state index contributed by atoms with van der Waals surface area (Å²) >= 11 is 3.99. The van der Waals surface area contributed by atoms with Gasteiger partial charge in [0.05, 0.1) is 6.54 Å². The zero-order valence-corrected chi connectivity index (χ0v) is 14.1. The Kier molecular flexibility index (Phi) is 9.99. The van der Waals surface area contributed by atoms with E-state index in [-0.39, 0.29) is 18.2 Å². The number of carbonyl (C=O) groups excluding carboxylic acids is 3. The van der Waals surface area contributed by atoms with Gasteiger partial charge in [0.2, 0.25) is 17.7 Å². The molecule has 0 aliphatic carbocycles. The quantitative estimate of drug-likeness (QED) is 0.254. The number of thiol groups is 1. The summed E-state index contributed by atoms with van der Waals surface area (Å²) in [5.41, 5.74) is 5.17. The molecule has 0 rings (SSSR count). The maximum absolute atomic E-state index is 12.1. The third-order valence-electron chi connectivity index (χ3n) is 2.77. The van der Waals surface area contributed by atoms with E-state index in [0.29, 0.717) is 6.42 Å². The Bertz CT molecular complexity index is 444. The highest BCUT2D eigenvalue weighted by Gasteiger charge is 2.26. The lowest BCUT2D eigenvalue weighted by atomic mass is 10.0. The Balaban J connectivity index is 4.84.